The summed E-state index contributed by atoms with van der Waals surface area (Å²) in [5.41, 5.74) is 2.85. The molecule has 0 unspecified atom stereocenters. The summed E-state index contributed by atoms with van der Waals surface area (Å²) >= 11 is 1.56. The van der Waals surface area contributed by atoms with Crippen LogP contribution < -0.4 is 5.32 Å². The molecule has 4 aromatic rings. The van der Waals surface area contributed by atoms with Gasteiger partial charge in [-0.25, -0.2) is 9.97 Å². The molecule has 0 amide bonds. The molecule has 8 heteroatoms. The van der Waals surface area contributed by atoms with E-state index in [1.807, 2.05) is 35.3 Å². The number of hydrogen-bond donors (Lipinski definition) is 2. The van der Waals surface area contributed by atoms with Gasteiger partial charge in [-0.3, -0.25) is 9.78 Å². The monoisotopic (exact) mass is 337 g/mol. The zero-order chi connectivity index (χ0) is 16.4. The van der Waals surface area contributed by atoms with Crippen molar-refractivity contribution in [1.29, 1.82) is 0 Å². The van der Waals surface area contributed by atoms with E-state index in [4.69, 9.17) is 0 Å². The lowest BCUT2D eigenvalue weighted by Crippen LogP contribution is -2.01. The Kier molecular flexibility index (Phi) is 3.87. The van der Waals surface area contributed by atoms with Gasteiger partial charge >= 0.3 is 0 Å². The van der Waals surface area contributed by atoms with E-state index in [1.54, 1.807) is 18.0 Å². The molecule has 3 aromatic heterocycles. The molecule has 7 nitrogen and oxygen atoms in total. The highest BCUT2D eigenvalue weighted by molar-refractivity contribution is 7.98. The van der Waals surface area contributed by atoms with Crippen LogP contribution in [0.2, 0.25) is 0 Å². The van der Waals surface area contributed by atoms with Gasteiger partial charge in [-0.1, -0.05) is 12.1 Å². The Morgan fingerprint density at radius 1 is 1.25 bits per heavy atom. The second kappa shape index (κ2) is 6.32. The predicted molar refractivity (Wildman–Crippen MR) is 94.5 cm³/mol. The molecule has 0 fully saturated rings. The van der Waals surface area contributed by atoms with Gasteiger partial charge in [0.1, 0.15) is 17.2 Å². The van der Waals surface area contributed by atoms with Crippen molar-refractivity contribution in [2.24, 2.45) is 0 Å². The van der Waals surface area contributed by atoms with Crippen LogP contribution in [0, 0.1) is 0 Å². The van der Waals surface area contributed by atoms with Gasteiger partial charge in [-0.15, -0.1) is 11.8 Å². The number of nitrogens with one attached hydrogen (secondary N) is 2. The van der Waals surface area contributed by atoms with Crippen molar-refractivity contribution in [3.05, 3.63) is 54.6 Å². The van der Waals surface area contributed by atoms with Crippen LogP contribution in [0.1, 0.15) is 5.56 Å². The summed E-state index contributed by atoms with van der Waals surface area (Å²) in [5, 5.41) is 16.6. The van der Waals surface area contributed by atoms with Gasteiger partial charge in [0.15, 0.2) is 5.65 Å². The number of fused-ring (bicyclic) bond motifs is 1. The first-order valence-electron chi connectivity index (χ1n) is 7.40. The smallest absolute Gasteiger partial charge is 0.161 e. The van der Waals surface area contributed by atoms with E-state index in [9.17, 15) is 0 Å². The Bertz CT molecular complexity index is 962. The van der Waals surface area contributed by atoms with E-state index in [-0.39, 0.29) is 0 Å². The van der Waals surface area contributed by atoms with Gasteiger partial charge in [-0.2, -0.15) is 10.2 Å². The molecule has 0 aliphatic carbocycles. The van der Waals surface area contributed by atoms with Gasteiger partial charge in [0.25, 0.3) is 0 Å². The SMILES string of the molecule is CSc1n[nH]c2ncnc(Nc3cccc(Cn4cccn4)c3)c12. The molecule has 3 heterocycles. The number of anilines is 2. The molecule has 0 aliphatic rings. The third-order valence-corrected chi connectivity index (χ3v) is 4.29. The van der Waals surface area contributed by atoms with E-state index in [1.165, 1.54) is 6.33 Å². The minimum atomic E-state index is 0.726. The maximum atomic E-state index is 4.38. The number of rotatable bonds is 5. The second-order valence-electron chi connectivity index (χ2n) is 5.21. The molecule has 2 N–H and O–H groups in total. The van der Waals surface area contributed by atoms with Crippen LogP contribution in [0.5, 0.6) is 0 Å². The maximum absolute atomic E-state index is 4.38. The largest absolute Gasteiger partial charge is 0.339 e. The van der Waals surface area contributed by atoms with Gasteiger partial charge in [0, 0.05) is 18.1 Å². The van der Waals surface area contributed by atoms with E-state index >= 15 is 0 Å². The number of benzene rings is 1. The molecule has 0 saturated heterocycles. The lowest BCUT2D eigenvalue weighted by Gasteiger charge is -2.09. The summed E-state index contributed by atoms with van der Waals surface area (Å²) in [5.74, 6) is 0.745. The molecule has 4 rings (SSSR count). The average molecular weight is 337 g/mol. The molecule has 0 atom stereocenters. The number of nitrogens with zero attached hydrogens (tertiary/aromatic N) is 5. The predicted octanol–water partition coefficient (Wildman–Crippen LogP) is 3.06. The second-order valence-corrected chi connectivity index (χ2v) is 6.00. The average Bonchev–Trinajstić information content (AvgIpc) is 3.25. The van der Waals surface area contributed by atoms with Crippen molar-refractivity contribution in [3.63, 3.8) is 0 Å². The van der Waals surface area contributed by atoms with Crippen LogP contribution in [0.4, 0.5) is 11.5 Å². The standard InChI is InChI=1S/C16H15N7S/c1-24-16-13-14(17-10-18-15(13)21-22-16)20-12-5-2-4-11(8-12)9-23-7-3-6-19-23/h2-8,10H,9H2,1H3,(H2,17,18,20,21,22). The normalized spacial score (nSPS) is 11.0. The molecule has 24 heavy (non-hydrogen) atoms. The first kappa shape index (κ1) is 14.7. The summed E-state index contributed by atoms with van der Waals surface area (Å²) < 4.78 is 1.89. The summed E-state index contributed by atoms with van der Waals surface area (Å²) in [7, 11) is 0. The minimum absolute atomic E-state index is 0.726. The Labute approximate surface area is 142 Å². The van der Waals surface area contributed by atoms with Crippen molar-refractivity contribution < 1.29 is 0 Å². The van der Waals surface area contributed by atoms with Crippen LogP contribution in [-0.4, -0.2) is 36.2 Å². The van der Waals surface area contributed by atoms with Crippen LogP contribution in [-0.2, 0) is 6.54 Å². The Morgan fingerprint density at radius 2 is 2.21 bits per heavy atom. The number of thioether (sulfide) groups is 1. The van der Waals surface area contributed by atoms with Gasteiger partial charge in [0.05, 0.1) is 11.9 Å². The Morgan fingerprint density at radius 3 is 3.04 bits per heavy atom. The highest BCUT2D eigenvalue weighted by Gasteiger charge is 2.12. The first-order chi connectivity index (χ1) is 11.8. The summed E-state index contributed by atoms with van der Waals surface area (Å²) in [4.78, 5) is 8.60. The van der Waals surface area contributed by atoms with Gasteiger partial charge < -0.3 is 5.32 Å². The third kappa shape index (κ3) is 2.83. The number of aromatic nitrogens is 6. The van der Waals surface area contributed by atoms with Crippen molar-refractivity contribution in [2.45, 2.75) is 11.6 Å². The zero-order valence-corrected chi connectivity index (χ0v) is 13.8. The number of hydrogen-bond acceptors (Lipinski definition) is 6. The lowest BCUT2D eigenvalue weighted by molar-refractivity contribution is 0.687. The maximum Gasteiger partial charge on any atom is 0.161 e. The van der Waals surface area contributed by atoms with Crippen LogP contribution in [0.3, 0.4) is 0 Å². The van der Waals surface area contributed by atoms with Gasteiger partial charge in [0.2, 0.25) is 0 Å². The van der Waals surface area contributed by atoms with Crippen LogP contribution in [0.15, 0.2) is 54.1 Å². The molecule has 0 bridgehead atoms. The Hall–Kier alpha value is -2.87. The topological polar surface area (TPSA) is 84.3 Å². The van der Waals surface area contributed by atoms with E-state index in [0.29, 0.717) is 0 Å². The van der Waals surface area contributed by atoms with Crippen molar-refractivity contribution >= 4 is 34.3 Å². The molecule has 0 aliphatic heterocycles. The van der Waals surface area contributed by atoms with Crippen molar-refractivity contribution in [1.82, 2.24) is 29.9 Å². The number of aromatic amines is 1. The van der Waals surface area contributed by atoms with Crippen molar-refractivity contribution in [2.75, 3.05) is 11.6 Å². The quantitative estimate of drug-likeness (QED) is 0.545. The first-order valence-corrected chi connectivity index (χ1v) is 8.62. The lowest BCUT2D eigenvalue weighted by atomic mass is 10.2. The van der Waals surface area contributed by atoms with Gasteiger partial charge in [-0.05, 0) is 30.0 Å². The summed E-state index contributed by atoms with van der Waals surface area (Å²) in [6.07, 6.45) is 7.24. The van der Waals surface area contributed by atoms with E-state index < -0.39 is 0 Å². The van der Waals surface area contributed by atoms with Crippen molar-refractivity contribution in [3.8, 4) is 0 Å². The van der Waals surface area contributed by atoms with Crippen LogP contribution in [0.25, 0.3) is 11.0 Å². The minimum Gasteiger partial charge on any atom is -0.339 e. The highest BCUT2D eigenvalue weighted by Crippen LogP contribution is 2.29. The molecular weight excluding hydrogens is 322 g/mol. The summed E-state index contributed by atoms with van der Waals surface area (Å²) in [6.45, 7) is 0.726. The number of H-pyrrole nitrogens is 1. The van der Waals surface area contributed by atoms with E-state index in [2.05, 4.69) is 42.7 Å². The van der Waals surface area contributed by atoms with E-state index in [0.717, 1.165) is 39.7 Å². The molecule has 0 spiro atoms. The molecular formula is C16H15N7S. The van der Waals surface area contributed by atoms with Crippen LogP contribution >= 0.6 is 11.8 Å². The molecule has 0 radical (unpaired) electrons. The molecule has 1 aromatic carbocycles. The Balaban J connectivity index is 1.65. The highest BCUT2D eigenvalue weighted by atomic mass is 32.2. The third-order valence-electron chi connectivity index (χ3n) is 3.61. The molecule has 120 valence electrons. The molecule has 0 saturated carbocycles. The fourth-order valence-corrected chi connectivity index (χ4v) is 3.07. The fraction of sp³-hybridized carbons (Fsp3) is 0.125. The fourth-order valence-electron chi connectivity index (χ4n) is 2.54. The zero-order valence-electron chi connectivity index (χ0n) is 13.0. The summed E-state index contributed by atoms with van der Waals surface area (Å²) in [6, 6.07) is 10.1.